The largest absolute Gasteiger partial charge is 0.339 e. The van der Waals surface area contributed by atoms with Crippen LogP contribution in [0.25, 0.3) is 98.8 Å². The van der Waals surface area contributed by atoms with E-state index in [1.54, 1.807) is 0 Å². The topological polar surface area (TPSA) is 24.5 Å². The second-order valence-electron chi connectivity index (χ2n) is 20.7. The van der Waals surface area contributed by atoms with Gasteiger partial charge in [-0.1, -0.05) is 92.1 Å². The molecule has 0 radical (unpaired) electrons. The lowest BCUT2D eigenvalue weighted by Gasteiger charge is -2.26. The summed E-state index contributed by atoms with van der Waals surface area (Å²) >= 11 is 0. The number of hydrogen-bond donors (Lipinski definition) is 0. The molecule has 69 heavy (non-hydrogen) atoms. The predicted octanol–water partition coefficient (Wildman–Crippen LogP) is 14.5. The molecular weight excluding hydrogens is 841 g/mol. The molecule has 3 fully saturated rings. The normalized spacial score (nSPS) is 16.9. The van der Waals surface area contributed by atoms with Crippen molar-refractivity contribution in [1.82, 2.24) is 28.4 Å². The zero-order chi connectivity index (χ0) is 45.7. The first-order chi connectivity index (χ1) is 34.2. The molecular formula is C63H66N6. The van der Waals surface area contributed by atoms with Crippen LogP contribution in [0.4, 0.5) is 0 Å². The lowest BCUT2D eigenvalue weighted by atomic mass is 9.92. The van der Waals surface area contributed by atoms with Gasteiger partial charge in [-0.3, -0.25) is 0 Å². The van der Waals surface area contributed by atoms with Crippen molar-refractivity contribution in [2.75, 3.05) is 58.9 Å². The van der Waals surface area contributed by atoms with Crippen molar-refractivity contribution >= 4 is 65.4 Å². The molecule has 0 atom stereocenters. The van der Waals surface area contributed by atoms with Gasteiger partial charge in [-0.15, -0.1) is 0 Å². The molecule has 3 aliphatic heterocycles. The zero-order valence-corrected chi connectivity index (χ0v) is 40.4. The minimum atomic E-state index is 1.01. The van der Waals surface area contributed by atoms with E-state index in [-0.39, 0.29) is 0 Å². The number of likely N-dealkylation sites (tertiary alicyclic amines) is 3. The molecule has 0 aliphatic carbocycles. The van der Waals surface area contributed by atoms with Gasteiger partial charge in [-0.2, -0.15) is 0 Å². The van der Waals surface area contributed by atoms with Crippen molar-refractivity contribution in [1.29, 1.82) is 0 Å². The maximum absolute atomic E-state index is 2.67. The highest BCUT2D eigenvalue weighted by Gasteiger charge is 2.20. The number of benzene rings is 7. The van der Waals surface area contributed by atoms with Gasteiger partial charge in [0.15, 0.2) is 0 Å². The van der Waals surface area contributed by atoms with E-state index in [0.29, 0.717) is 0 Å². The molecule has 0 saturated carbocycles. The first-order valence-corrected chi connectivity index (χ1v) is 26.6. The first kappa shape index (κ1) is 42.9. The predicted molar refractivity (Wildman–Crippen MR) is 293 cm³/mol. The zero-order valence-electron chi connectivity index (χ0n) is 40.4. The fourth-order valence-corrected chi connectivity index (χ4v) is 12.8. The minimum Gasteiger partial charge on any atom is -0.339 e. The number of aromatic nitrogens is 3. The Morgan fingerprint density at radius 1 is 0.232 bits per heavy atom. The summed E-state index contributed by atoms with van der Waals surface area (Å²) in [4.78, 5) is 8.00. The van der Waals surface area contributed by atoms with E-state index in [0.717, 1.165) is 39.3 Å². The first-order valence-electron chi connectivity index (χ1n) is 26.6. The molecule has 348 valence electrons. The molecule has 6 nitrogen and oxygen atoms in total. The van der Waals surface area contributed by atoms with Crippen molar-refractivity contribution < 1.29 is 0 Å². The fraction of sp³-hybridized carbons (Fsp3) is 0.333. The summed E-state index contributed by atoms with van der Waals surface area (Å²) in [7, 11) is 0. The standard InChI is InChI=1S/C63H66N6/c1-10-28-64(29-11-1)34-37-67-58-19-7-4-16-52(58)55-43-46(22-25-61(55)67)49-40-50(47-23-26-62-56(44-47)53-17-5-8-20-59(53)68(62)38-35-65-30-12-2-13-31-65)42-51(41-49)48-24-27-63-57(45-48)54-18-6-9-21-60(54)69(63)39-36-66-32-14-3-15-33-66/h4-9,16-27,40-45H,1-3,10-15,28-39H2. The monoisotopic (exact) mass is 907 g/mol. The Balaban J connectivity index is 0.935. The third kappa shape index (κ3) is 8.14. The lowest BCUT2D eigenvalue weighted by molar-refractivity contribution is 0.222. The van der Waals surface area contributed by atoms with Crippen LogP contribution in [0.2, 0.25) is 0 Å². The van der Waals surface area contributed by atoms with E-state index in [4.69, 9.17) is 0 Å². The van der Waals surface area contributed by atoms with E-state index >= 15 is 0 Å². The lowest BCUT2D eigenvalue weighted by Crippen LogP contribution is -2.32. The average molecular weight is 907 g/mol. The Morgan fingerprint density at radius 2 is 0.507 bits per heavy atom. The Hall–Kier alpha value is -6.18. The summed E-state index contributed by atoms with van der Waals surface area (Å²) in [5.41, 5.74) is 15.5. The average Bonchev–Trinajstić information content (AvgIpc) is 4.04. The van der Waals surface area contributed by atoms with Crippen LogP contribution in [0, 0.1) is 0 Å². The maximum atomic E-state index is 2.67. The Kier molecular flexibility index (Phi) is 11.6. The van der Waals surface area contributed by atoms with Crippen LogP contribution in [0.1, 0.15) is 57.8 Å². The summed E-state index contributed by atoms with van der Waals surface area (Å²) in [5, 5.41) is 8.04. The molecule has 6 heterocycles. The van der Waals surface area contributed by atoms with Crippen LogP contribution in [0.3, 0.4) is 0 Å². The number of piperidine rings is 3. The third-order valence-corrected chi connectivity index (χ3v) is 16.5. The second-order valence-corrected chi connectivity index (χ2v) is 20.7. The number of rotatable bonds is 12. The quantitative estimate of drug-likeness (QED) is 0.122. The van der Waals surface area contributed by atoms with Gasteiger partial charge in [-0.05, 0) is 184 Å². The maximum Gasteiger partial charge on any atom is 0.0492 e. The molecule has 0 spiro atoms. The fourth-order valence-electron chi connectivity index (χ4n) is 12.8. The van der Waals surface area contributed by atoms with E-state index in [1.807, 2.05) is 0 Å². The van der Waals surface area contributed by atoms with Crippen molar-refractivity contribution in [3.05, 3.63) is 146 Å². The molecule has 0 amide bonds. The number of para-hydroxylation sites is 3. The molecule has 3 saturated heterocycles. The highest BCUT2D eigenvalue weighted by atomic mass is 15.2. The molecule has 0 bridgehead atoms. The third-order valence-electron chi connectivity index (χ3n) is 16.5. The number of nitrogens with zero attached hydrogens (tertiary/aromatic N) is 6. The summed E-state index contributed by atoms with van der Waals surface area (Å²) in [6.45, 7) is 13.7. The molecule has 10 aromatic rings. The van der Waals surface area contributed by atoms with E-state index in [2.05, 4.69) is 174 Å². The Bertz CT molecular complexity index is 3100. The summed E-state index contributed by atoms with van der Waals surface area (Å²) in [5.74, 6) is 0. The summed E-state index contributed by atoms with van der Waals surface area (Å²) in [6.07, 6.45) is 12.0. The van der Waals surface area contributed by atoms with Gasteiger partial charge in [0, 0.05) is 105 Å². The van der Waals surface area contributed by atoms with Gasteiger partial charge >= 0.3 is 0 Å². The van der Waals surface area contributed by atoms with Gasteiger partial charge < -0.3 is 28.4 Å². The molecule has 3 aliphatic rings. The van der Waals surface area contributed by atoms with Crippen molar-refractivity contribution in [3.8, 4) is 33.4 Å². The molecule has 0 unspecified atom stereocenters. The molecule has 0 N–H and O–H groups in total. The van der Waals surface area contributed by atoms with Crippen LogP contribution >= 0.6 is 0 Å². The highest BCUT2D eigenvalue weighted by molar-refractivity contribution is 6.12. The smallest absolute Gasteiger partial charge is 0.0492 e. The van der Waals surface area contributed by atoms with Crippen molar-refractivity contribution in [3.63, 3.8) is 0 Å². The number of hydrogen-bond acceptors (Lipinski definition) is 3. The van der Waals surface area contributed by atoms with Crippen molar-refractivity contribution in [2.45, 2.75) is 77.4 Å². The molecule has 3 aromatic heterocycles. The molecule has 7 aromatic carbocycles. The van der Waals surface area contributed by atoms with Crippen LogP contribution in [-0.4, -0.2) is 87.3 Å². The van der Waals surface area contributed by atoms with Gasteiger partial charge in [0.05, 0.1) is 0 Å². The van der Waals surface area contributed by atoms with Gasteiger partial charge in [0.1, 0.15) is 0 Å². The summed E-state index contributed by atoms with van der Waals surface area (Å²) < 4.78 is 7.75. The SMILES string of the molecule is c1ccc2c(c1)c1cc(-c3cc(-c4ccc5c(c4)c4ccccc4n5CCN4CCCCC4)cc(-c4ccc5c(c4)c4ccccc4n5CCN4CCCCC4)c3)ccc1n2CCN1CCCCC1. The Labute approximate surface area is 407 Å². The van der Waals surface area contributed by atoms with E-state index < -0.39 is 0 Å². The van der Waals surface area contributed by atoms with Crippen LogP contribution in [0.15, 0.2) is 146 Å². The molecule has 13 rings (SSSR count). The van der Waals surface area contributed by atoms with Gasteiger partial charge in [-0.25, -0.2) is 0 Å². The van der Waals surface area contributed by atoms with Crippen LogP contribution in [0.5, 0.6) is 0 Å². The minimum absolute atomic E-state index is 1.01. The molecule has 6 heteroatoms. The van der Waals surface area contributed by atoms with Gasteiger partial charge in [0.25, 0.3) is 0 Å². The summed E-state index contributed by atoms with van der Waals surface area (Å²) in [6, 6.07) is 56.4. The van der Waals surface area contributed by atoms with Crippen LogP contribution in [-0.2, 0) is 19.6 Å². The Morgan fingerprint density at radius 3 is 0.812 bits per heavy atom. The van der Waals surface area contributed by atoms with Gasteiger partial charge in [0.2, 0.25) is 0 Å². The van der Waals surface area contributed by atoms with Crippen LogP contribution < -0.4 is 0 Å². The van der Waals surface area contributed by atoms with E-state index in [9.17, 15) is 0 Å². The number of fused-ring (bicyclic) bond motifs is 9. The highest BCUT2D eigenvalue weighted by Crippen LogP contribution is 2.40. The van der Waals surface area contributed by atoms with Crippen molar-refractivity contribution in [2.24, 2.45) is 0 Å². The van der Waals surface area contributed by atoms with E-state index in [1.165, 1.54) is 196 Å². The second kappa shape index (κ2) is 18.6.